The number of fused-ring (bicyclic) bond motifs is 1. The first kappa shape index (κ1) is 16.1. The summed E-state index contributed by atoms with van der Waals surface area (Å²) in [5.74, 6) is 0. The van der Waals surface area contributed by atoms with Gasteiger partial charge in [0.2, 0.25) is 0 Å². The minimum absolute atomic E-state index is 0.132. The van der Waals surface area contributed by atoms with Crippen LogP contribution in [0.1, 0.15) is 24.0 Å². The maximum absolute atomic E-state index is 9.66. The van der Waals surface area contributed by atoms with Crippen molar-refractivity contribution in [3.63, 3.8) is 0 Å². The van der Waals surface area contributed by atoms with E-state index >= 15 is 0 Å². The summed E-state index contributed by atoms with van der Waals surface area (Å²) in [5.41, 5.74) is 4.22. The monoisotopic (exact) mass is 337 g/mol. The smallest absolute Gasteiger partial charge is 0.295 e. The molecular formula is C20H23N3O2. The topological polar surface area (TPSA) is 61.5 Å². The molecule has 0 amide bonds. The van der Waals surface area contributed by atoms with Gasteiger partial charge in [0.1, 0.15) is 5.52 Å². The third kappa shape index (κ3) is 3.83. The van der Waals surface area contributed by atoms with E-state index < -0.39 is 0 Å². The second kappa shape index (κ2) is 7.25. The molecule has 4 rings (SSSR count). The largest absolute Gasteiger partial charge is 0.424 e. The number of anilines is 1. The Hall–Kier alpha value is -2.37. The van der Waals surface area contributed by atoms with E-state index in [1.807, 2.05) is 24.3 Å². The third-order valence-electron chi connectivity index (χ3n) is 4.79. The van der Waals surface area contributed by atoms with Gasteiger partial charge in [-0.15, -0.1) is 0 Å². The zero-order valence-electron chi connectivity index (χ0n) is 14.2. The van der Waals surface area contributed by atoms with Crippen molar-refractivity contribution in [2.24, 2.45) is 0 Å². The summed E-state index contributed by atoms with van der Waals surface area (Å²) >= 11 is 0. The maximum atomic E-state index is 9.66. The van der Waals surface area contributed by atoms with E-state index in [1.54, 1.807) is 0 Å². The van der Waals surface area contributed by atoms with Gasteiger partial charge in [0.15, 0.2) is 5.58 Å². The van der Waals surface area contributed by atoms with E-state index in [0.29, 0.717) is 12.6 Å². The van der Waals surface area contributed by atoms with Crippen molar-refractivity contribution in [1.82, 2.24) is 9.88 Å². The average molecular weight is 337 g/mol. The number of aromatic nitrogens is 1. The molecule has 2 N–H and O–H groups in total. The summed E-state index contributed by atoms with van der Waals surface area (Å²) in [7, 11) is 0. The van der Waals surface area contributed by atoms with Gasteiger partial charge in [-0.3, -0.25) is 4.90 Å². The first-order valence-corrected chi connectivity index (χ1v) is 8.84. The van der Waals surface area contributed by atoms with Gasteiger partial charge < -0.3 is 14.8 Å². The Labute approximate surface area is 147 Å². The fourth-order valence-electron chi connectivity index (χ4n) is 3.32. The third-order valence-corrected chi connectivity index (χ3v) is 4.79. The van der Waals surface area contributed by atoms with Crippen LogP contribution in [0.15, 0.2) is 52.9 Å². The van der Waals surface area contributed by atoms with Gasteiger partial charge in [-0.2, -0.15) is 4.98 Å². The zero-order valence-corrected chi connectivity index (χ0v) is 14.2. The van der Waals surface area contributed by atoms with Crippen molar-refractivity contribution in [1.29, 1.82) is 0 Å². The molecule has 0 atom stereocenters. The molecule has 5 heteroatoms. The number of likely N-dealkylation sites (tertiary alicyclic amines) is 1. The lowest BCUT2D eigenvalue weighted by Crippen LogP contribution is -2.35. The summed E-state index contributed by atoms with van der Waals surface area (Å²) < 4.78 is 5.73. The lowest BCUT2D eigenvalue weighted by Gasteiger charge is -2.30. The van der Waals surface area contributed by atoms with Crippen LogP contribution < -0.4 is 5.32 Å². The minimum atomic E-state index is -0.132. The number of aliphatic hydroxyl groups is 1. The normalized spacial score (nSPS) is 16.4. The Bertz CT molecular complexity index is 805. The molecule has 0 saturated carbocycles. The molecular weight excluding hydrogens is 314 g/mol. The molecule has 5 nitrogen and oxygen atoms in total. The lowest BCUT2D eigenvalue weighted by atomic mass is 10.0. The van der Waals surface area contributed by atoms with Crippen molar-refractivity contribution in [2.75, 3.05) is 18.4 Å². The predicted molar refractivity (Wildman–Crippen MR) is 98.3 cm³/mol. The van der Waals surface area contributed by atoms with Crippen molar-refractivity contribution < 1.29 is 9.52 Å². The molecule has 1 fully saturated rings. The van der Waals surface area contributed by atoms with Crippen molar-refractivity contribution in [3.05, 3.63) is 59.7 Å². The number of hydrogen-bond donors (Lipinski definition) is 2. The number of nitrogens with zero attached hydrogens (tertiary/aromatic N) is 2. The molecule has 1 aromatic heterocycles. The molecule has 1 saturated heterocycles. The molecule has 0 aliphatic carbocycles. The van der Waals surface area contributed by atoms with Crippen molar-refractivity contribution in [3.8, 4) is 0 Å². The molecule has 2 heterocycles. The summed E-state index contributed by atoms with van der Waals surface area (Å²) in [6.45, 7) is 3.50. The second-order valence-electron chi connectivity index (χ2n) is 6.62. The van der Waals surface area contributed by atoms with Crippen LogP contribution >= 0.6 is 0 Å². The fourth-order valence-corrected chi connectivity index (χ4v) is 3.32. The molecule has 1 aliphatic rings. The number of hydrogen-bond acceptors (Lipinski definition) is 5. The van der Waals surface area contributed by atoms with Crippen LogP contribution in [0.25, 0.3) is 11.1 Å². The Balaban J connectivity index is 1.43. The Morgan fingerprint density at radius 3 is 2.56 bits per heavy atom. The maximum Gasteiger partial charge on any atom is 0.295 e. The van der Waals surface area contributed by atoms with Crippen molar-refractivity contribution >= 4 is 17.1 Å². The van der Waals surface area contributed by atoms with Crippen LogP contribution in [0.3, 0.4) is 0 Å². The first-order valence-electron chi connectivity index (χ1n) is 8.84. The number of oxazole rings is 1. The zero-order chi connectivity index (χ0) is 17.1. The average Bonchev–Trinajstić information content (AvgIpc) is 3.06. The summed E-state index contributed by atoms with van der Waals surface area (Å²) in [5, 5.41) is 13.0. The number of aliphatic hydroxyl groups excluding tert-OH is 1. The van der Waals surface area contributed by atoms with Crippen LogP contribution in [0.4, 0.5) is 6.01 Å². The second-order valence-corrected chi connectivity index (χ2v) is 6.62. The highest BCUT2D eigenvalue weighted by molar-refractivity contribution is 5.74. The number of piperidine rings is 1. The highest BCUT2D eigenvalue weighted by Gasteiger charge is 2.17. The molecule has 1 aliphatic heterocycles. The summed E-state index contributed by atoms with van der Waals surface area (Å²) in [4.78, 5) is 6.87. The highest BCUT2D eigenvalue weighted by atomic mass is 16.4. The van der Waals surface area contributed by atoms with Gasteiger partial charge in [0, 0.05) is 26.2 Å². The van der Waals surface area contributed by atoms with Crippen LogP contribution in [0.5, 0.6) is 0 Å². The van der Waals surface area contributed by atoms with Crippen molar-refractivity contribution in [2.45, 2.75) is 32.0 Å². The van der Waals surface area contributed by atoms with Crippen LogP contribution in [0.2, 0.25) is 0 Å². The number of rotatable bonds is 5. The van der Waals surface area contributed by atoms with Gasteiger partial charge in [-0.05, 0) is 36.1 Å². The van der Waals surface area contributed by atoms with E-state index in [-0.39, 0.29) is 6.10 Å². The molecule has 0 radical (unpaired) electrons. The van der Waals surface area contributed by atoms with Gasteiger partial charge in [-0.25, -0.2) is 0 Å². The quantitative estimate of drug-likeness (QED) is 0.747. The van der Waals surface area contributed by atoms with Crippen LogP contribution in [-0.4, -0.2) is 34.2 Å². The SMILES string of the molecule is OC1CCN(Cc2ccccc2CNc2nc3ccccc3o2)CC1. The van der Waals surface area contributed by atoms with E-state index in [2.05, 4.69) is 39.5 Å². The molecule has 25 heavy (non-hydrogen) atoms. The van der Waals surface area contributed by atoms with Crippen LogP contribution in [0, 0.1) is 0 Å². The van der Waals surface area contributed by atoms with Gasteiger partial charge in [0.05, 0.1) is 6.10 Å². The van der Waals surface area contributed by atoms with Crippen LogP contribution in [-0.2, 0) is 13.1 Å². The minimum Gasteiger partial charge on any atom is -0.424 e. The van der Waals surface area contributed by atoms with E-state index in [9.17, 15) is 5.11 Å². The Morgan fingerprint density at radius 1 is 1.04 bits per heavy atom. The van der Waals surface area contributed by atoms with Gasteiger partial charge in [0.25, 0.3) is 6.01 Å². The molecule has 0 bridgehead atoms. The van der Waals surface area contributed by atoms with E-state index in [4.69, 9.17) is 4.42 Å². The van der Waals surface area contributed by atoms with Gasteiger partial charge >= 0.3 is 0 Å². The highest BCUT2D eigenvalue weighted by Crippen LogP contribution is 2.20. The Morgan fingerprint density at radius 2 is 1.76 bits per heavy atom. The van der Waals surface area contributed by atoms with Gasteiger partial charge in [-0.1, -0.05) is 36.4 Å². The van der Waals surface area contributed by atoms with E-state index in [1.165, 1.54) is 11.1 Å². The fraction of sp³-hybridized carbons (Fsp3) is 0.350. The molecule has 130 valence electrons. The standard InChI is InChI=1S/C20H23N3O2/c24-17-9-11-23(12-10-17)14-16-6-2-1-5-15(16)13-21-20-22-18-7-3-4-8-19(18)25-20/h1-8,17,24H,9-14H2,(H,21,22). The summed E-state index contributed by atoms with van der Waals surface area (Å²) in [6, 6.07) is 16.8. The summed E-state index contributed by atoms with van der Waals surface area (Å²) in [6.07, 6.45) is 1.60. The lowest BCUT2D eigenvalue weighted by molar-refractivity contribution is 0.0791. The molecule has 3 aromatic rings. The predicted octanol–water partition coefficient (Wildman–Crippen LogP) is 3.40. The first-order chi connectivity index (χ1) is 12.3. The number of para-hydroxylation sites is 2. The Kier molecular flexibility index (Phi) is 4.68. The number of nitrogens with one attached hydrogen (secondary N) is 1. The number of benzene rings is 2. The van der Waals surface area contributed by atoms with E-state index in [0.717, 1.165) is 43.6 Å². The molecule has 0 unspecified atom stereocenters. The molecule has 2 aromatic carbocycles. The molecule has 0 spiro atoms.